The van der Waals surface area contributed by atoms with Crippen LogP contribution in [0.25, 0.3) is 0 Å². The van der Waals surface area contributed by atoms with Gasteiger partial charge in [0.1, 0.15) is 0 Å². The molecule has 5 heteroatoms. The number of hydrogen-bond acceptors (Lipinski definition) is 5. The van der Waals surface area contributed by atoms with Crippen molar-refractivity contribution < 1.29 is 19.3 Å². The molecule has 2 rings (SSSR count). The number of benzene rings is 2. The summed E-state index contributed by atoms with van der Waals surface area (Å²) >= 11 is 1.85. The summed E-state index contributed by atoms with van der Waals surface area (Å²) in [6, 6.07) is 21.2. The minimum atomic E-state index is -0.395. The van der Waals surface area contributed by atoms with Gasteiger partial charge in [0, 0.05) is 5.75 Å². The predicted octanol–water partition coefficient (Wildman–Crippen LogP) is 5.39. The fourth-order valence-electron chi connectivity index (χ4n) is 3.48. The monoisotopic (exact) mass is 468 g/mol. The minimum absolute atomic E-state index is 0.0335. The molecule has 0 radical (unpaired) electrons. The van der Waals surface area contributed by atoms with Crippen LogP contribution in [0.1, 0.15) is 18.1 Å². The van der Waals surface area contributed by atoms with E-state index >= 15 is 0 Å². The molecule has 0 aliphatic rings. The van der Waals surface area contributed by atoms with Crippen LogP contribution in [0.15, 0.2) is 97.1 Å². The molecule has 0 heterocycles. The number of hydrogen-bond donors (Lipinski definition) is 1. The van der Waals surface area contributed by atoms with Crippen molar-refractivity contribution in [3.8, 4) is 0 Å². The molecule has 0 aliphatic heterocycles. The zero-order valence-corrected chi connectivity index (χ0v) is 20.3. The smallest absolute Gasteiger partial charge is 0.0907 e. The van der Waals surface area contributed by atoms with Gasteiger partial charge in [0.05, 0.1) is 51.0 Å². The molecule has 0 unspecified atom stereocenters. The Bertz CT molecular complexity index is 794. The van der Waals surface area contributed by atoms with E-state index in [4.69, 9.17) is 19.3 Å². The van der Waals surface area contributed by atoms with Crippen LogP contribution in [0.4, 0.5) is 0 Å². The second kappa shape index (κ2) is 16.5. The predicted molar refractivity (Wildman–Crippen MR) is 139 cm³/mol. The Morgan fingerprint density at radius 2 is 1.36 bits per heavy atom. The molecular weight excluding hydrogens is 432 g/mol. The molecule has 4 nitrogen and oxygen atoms in total. The summed E-state index contributed by atoms with van der Waals surface area (Å²) in [7, 11) is 0. The fourth-order valence-corrected chi connectivity index (χ4v) is 4.92. The number of rotatable bonds is 17. The third-order valence-corrected chi connectivity index (χ3v) is 6.49. The summed E-state index contributed by atoms with van der Waals surface area (Å²) in [6.07, 6.45) is 8.21. The molecule has 2 aromatic rings. The first-order valence-corrected chi connectivity index (χ1v) is 12.3. The number of aliphatic hydroxyl groups is 1. The molecule has 0 aliphatic carbocycles. The summed E-state index contributed by atoms with van der Waals surface area (Å²) in [5.74, 6) is 0.810. The van der Waals surface area contributed by atoms with Crippen LogP contribution in [-0.2, 0) is 19.0 Å². The first kappa shape index (κ1) is 27.1. The van der Waals surface area contributed by atoms with E-state index in [1.165, 1.54) is 11.1 Å². The first-order valence-electron chi connectivity index (χ1n) is 11.3. The normalized spacial score (nSPS) is 12.4. The standard InChI is InChI=1S/C28H36O4S/c1-3-5-12-25(4-2)28(26-13-8-6-9-14-26,27-15-10-7-11-16-27)33-24-23-32-22-21-31-20-19-30-18-17-29/h3-16,29H,2,17-24H2,1H3/b5-3-,25-12+. The number of aliphatic hydroxyl groups excluding tert-OH is 1. The van der Waals surface area contributed by atoms with E-state index in [2.05, 4.69) is 67.3 Å². The lowest BCUT2D eigenvalue weighted by atomic mass is 9.83. The average Bonchev–Trinajstić information content (AvgIpc) is 2.87. The summed E-state index contributed by atoms with van der Waals surface area (Å²) in [5.41, 5.74) is 3.56. The van der Waals surface area contributed by atoms with Gasteiger partial charge in [0.25, 0.3) is 0 Å². The van der Waals surface area contributed by atoms with Gasteiger partial charge in [-0.1, -0.05) is 91.5 Å². The van der Waals surface area contributed by atoms with E-state index < -0.39 is 4.75 Å². The molecule has 0 atom stereocenters. The first-order chi connectivity index (χ1) is 16.3. The lowest BCUT2D eigenvalue weighted by Crippen LogP contribution is -2.27. The van der Waals surface area contributed by atoms with Crippen LogP contribution in [0.3, 0.4) is 0 Å². The molecule has 2 aromatic carbocycles. The molecule has 0 spiro atoms. The second-order valence-corrected chi connectivity index (χ2v) is 8.48. The van der Waals surface area contributed by atoms with Crippen molar-refractivity contribution in [2.75, 3.05) is 52.0 Å². The maximum atomic E-state index is 8.68. The van der Waals surface area contributed by atoms with Crippen LogP contribution in [-0.4, -0.2) is 57.1 Å². The van der Waals surface area contributed by atoms with E-state index in [-0.39, 0.29) is 6.61 Å². The number of allylic oxidation sites excluding steroid dienone is 4. The van der Waals surface area contributed by atoms with Crippen LogP contribution in [0.5, 0.6) is 0 Å². The van der Waals surface area contributed by atoms with Crippen molar-refractivity contribution in [2.24, 2.45) is 0 Å². The highest BCUT2D eigenvalue weighted by Crippen LogP contribution is 2.49. The molecule has 1 N–H and O–H groups in total. The third kappa shape index (κ3) is 8.61. The lowest BCUT2D eigenvalue weighted by molar-refractivity contribution is 0.0100. The number of ether oxygens (including phenoxy) is 3. The Labute approximate surface area is 203 Å². The Balaban J connectivity index is 2.10. The van der Waals surface area contributed by atoms with Gasteiger partial charge in [-0.05, 0) is 23.6 Å². The van der Waals surface area contributed by atoms with E-state index in [0.29, 0.717) is 39.6 Å². The number of thioether (sulfide) groups is 1. The van der Waals surface area contributed by atoms with Crippen LogP contribution >= 0.6 is 11.8 Å². The maximum Gasteiger partial charge on any atom is 0.0907 e. The minimum Gasteiger partial charge on any atom is -0.394 e. The average molecular weight is 469 g/mol. The van der Waals surface area contributed by atoms with Gasteiger partial charge in [-0.25, -0.2) is 0 Å². The highest BCUT2D eigenvalue weighted by molar-refractivity contribution is 8.00. The van der Waals surface area contributed by atoms with E-state index in [9.17, 15) is 0 Å². The van der Waals surface area contributed by atoms with Crippen LogP contribution in [0, 0.1) is 0 Å². The Morgan fingerprint density at radius 3 is 1.85 bits per heavy atom. The maximum absolute atomic E-state index is 8.68. The quantitative estimate of drug-likeness (QED) is 0.249. The van der Waals surface area contributed by atoms with Crippen LogP contribution < -0.4 is 0 Å². The summed E-state index contributed by atoms with van der Waals surface area (Å²) in [4.78, 5) is 0. The van der Waals surface area contributed by atoms with Gasteiger partial charge in [-0.2, -0.15) is 0 Å². The van der Waals surface area contributed by atoms with Crippen molar-refractivity contribution in [3.05, 3.63) is 108 Å². The molecule has 0 saturated carbocycles. The van der Waals surface area contributed by atoms with Gasteiger partial charge in [-0.3, -0.25) is 0 Å². The Kier molecular flexibility index (Phi) is 13.5. The summed E-state index contributed by atoms with van der Waals surface area (Å²) in [5, 5.41) is 8.68. The molecule has 178 valence electrons. The van der Waals surface area contributed by atoms with E-state index in [0.717, 1.165) is 11.3 Å². The highest BCUT2D eigenvalue weighted by Gasteiger charge is 2.37. The molecular formula is C28H36O4S. The van der Waals surface area contributed by atoms with Crippen molar-refractivity contribution in [2.45, 2.75) is 11.7 Å². The summed E-state index contributed by atoms with van der Waals surface area (Å²) in [6.45, 7) is 9.20. The van der Waals surface area contributed by atoms with E-state index in [1.54, 1.807) is 0 Å². The van der Waals surface area contributed by atoms with Crippen molar-refractivity contribution in [1.82, 2.24) is 0 Å². The largest absolute Gasteiger partial charge is 0.394 e. The van der Waals surface area contributed by atoms with Gasteiger partial charge in [0.2, 0.25) is 0 Å². The molecule has 0 saturated heterocycles. The molecule has 33 heavy (non-hydrogen) atoms. The molecule has 0 aromatic heterocycles. The highest BCUT2D eigenvalue weighted by atomic mass is 32.2. The van der Waals surface area contributed by atoms with Crippen molar-refractivity contribution in [3.63, 3.8) is 0 Å². The Hall–Kier alpha value is -2.15. The van der Waals surface area contributed by atoms with Crippen molar-refractivity contribution >= 4 is 11.8 Å². The SMILES string of the molecule is C=C/C(=C\C=C/C)C(SCCOCCOCCOCCO)(c1ccccc1)c1ccccc1. The zero-order chi connectivity index (χ0) is 23.6. The van der Waals surface area contributed by atoms with Gasteiger partial charge in [-0.15, -0.1) is 11.8 Å². The lowest BCUT2D eigenvalue weighted by Gasteiger charge is -2.36. The fraction of sp³-hybridized carbons (Fsp3) is 0.357. The second-order valence-electron chi connectivity index (χ2n) is 7.17. The van der Waals surface area contributed by atoms with E-state index in [1.807, 2.05) is 43.0 Å². The van der Waals surface area contributed by atoms with Crippen molar-refractivity contribution in [1.29, 1.82) is 0 Å². The third-order valence-electron chi connectivity index (χ3n) is 4.98. The summed E-state index contributed by atoms with van der Waals surface area (Å²) < 4.78 is 16.1. The zero-order valence-electron chi connectivity index (χ0n) is 19.5. The molecule has 0 fully saturated rings. The van der Waals surface area contributed by atoms with Gasteiger partial charge < -0.3 is 19.3 Å². The topological polar surface area (TPSA) is 47.9 Å². The van der Waals surface area contributed by atoms with Gasteiger partial charge in [0.15, 0.2) is 0 Å². The Morgan fingerprint density at radius 1 is 0.848 bits per heavy atom. The molecule has 0 bridgehead atoms. The molecule has 0 amide bonds. The van der Waals surface area contributed by atoms with Crippen LogP contribution in [0.2, 0.25) is 0 Å². The van der Waals surface area contributed by atoms with Gasteiger partial charge >= 0.3 is 0 Å².